The number of anilines is 2. The van der Waals surface area contributed by atoms with E-state index < -0.39 is 0 Å². The van der Waals surface area contributed by atoms with Gasteiger partial charge in [0.05, 0.1) is 12.2 Å². The highest BCUT2D eigenvalue weighted by atomic mass is 32.2. The molecule has 0 unspecified atom stereocenters. The van der Waals surface area contributed by atoms with Crippen molar-refractivity contribution in [3.63, 3.8) is 0 Å². The van der Waals surface area contributed by atoms with Gasteiger partial charge in [-0.25, -0.2) is 0 Å². The van der Waals surface area contributed by atoms with Crippen LogP contribution < -0.4 is 10.6 Å². The first-order valence-electron chi connectivity index (χ1n) is 10.00. The Kier molecular flexibility index (Phi) is 7.69. The molecular weight excluding hydrogens is 392 g/mol. The van der Waals surface area contributed by atoms with Gasteiger partial charge >= 0.3 is 0 Å². The van der Waals surface area contributed by atoms with Gasteiger partial charge in [-0.2, -0.15) is 0 Å². The second-order valence-electron chi connectivity index (χ2n) is 7.04. The Balaban J connectivity index is 1.55. The van der Waals surface area contributed by atoms with Crippen LogP contribution >= 0.6 is 11.8 Å². The molecule has 3 rings (SSSR count). The van der Waals surface area contributed by atoms with Crippen molar-refractivity contribution in [2.45, 2.75) is 31.6 Å². The van der Waals surface area contributed by atoms with Crippen molar-refractivity contribution < 1.29 is 9.59 Å². The summed E-state index contributed by atoms with van der Waals surface area (Å²) in [6, 6.07) is 23.3. The number of hydrogen-bond donors (Lipinski definition) is 2. The highest BCUT2D eigenvalue weighted by molar-refractivity contribution is 8.00. The first kappa shape index (κ1) is 21.7. The fourth-order valence-electron chi connectivity index (χ4n) is 3.18. The van der Waals surface area contributed by atoms with E-state index in [0.717, 1.165) is 39.4 Å². The van der Waals surface area contributed by atoms with Crippen LogP contribution in [-0.4, -0.2) is 17.6 Å². The van der Waals surface area contributed by atoms with Gasteiger partial charge in [0.2, 0.25) is 11.8 Å². The summed E-state index contributed by atoms with van der Waals surface area (Å²) in [5.74, 6) is 0.203. The molecule has 3 aromatic carbocycles. The summed E-state index contributed by atoms with van der Waals surface area (Å²) in [7, 11) is 0. The number of thioether (sulfide) groups is 1. The molecule has 30 heavy (non-hydrogen) atoms. The third kappa shape index (κ3) is 6.22. The summed E-state index contributed by atoms with van der Waals surface area (Å²) in [4.78, 5) is 25.7. The molecule has 0 aromatic heterocycles. The third-order valence-electron chi connectivity index (χ3n) is 4.70. The molecule has 0 fully saturated rings. The third-order valence-corrected chi connectivity index (χ3v) is 5.69. The Morgan fingerprint density at radius 3 is 2.40 bits per heavy atom. The van der Waals surface area contributed by atoms with Gasteiger partial charge < -0.3 is 10.6 Å². The minimum atomic E-state index is -0.0623. The van der Waals surface area contributed by atoms with E-state index in [4.69, 9.17) is 0 Å². The van der Waals surface area contributed by atoms with Crippen LogP contribution in [0.2, 0.25) is 0 Å². The van der Waals surface area contributed by atoms with Gasteiger partial charge in [0, 0.05) is 16.3 Å². The number of benzene rings is 3. The number of carbonyl (C=O) groups excluding carboxylic acids is 2. The van der Waals surface area contributed by atoms with Crippen molar-refractivity contribution in [2.75, 3.05) is 16.4 Å². The first-order valence-corrected chi connectivity index (χ1v) is 11.0. The van der Waals surface area contributed by atoms with Gasteiger partial charge in [0.15, 0.2) is 0 Å². The molecule has 0 aliphatic carbocycles. The molecule has 0 atom stereocenters. The maximum atomic E-state index is 12.5. The minimum absolute atomic E-state index is 0.0393. The van der Waals surface area contributed by atoms with Crippen LogP contribution in [-0.2, 0) is 22.4 Å². The number of amides is 2. The van der Waals surface area contributed by atoms with Crippen LogP contribution in [0.4, 0.5) is 11.4 Å². The average Bonchev–Trinajstić information content (AvgIpc) is 2.74. The SMILES string of the molecule is CCc1cccc(C)c1NC(=O)CSc1cccc(NC(=O)Cc2ccccc2)c1. The fraction of sp³-hybridized carbons (Fsp3) is 0.200. The van der Waals surface area contributed by atoms with E-state index >= 15 is 0 Å². The predicted octanol–water partition coefficient (Wildman–Crippen LogP) is 5.47. The maximum Gasteiger partial charge on any atom is 0.234 e. The minimum Gasteiger partial charge on any atom is -0.326 e. The van der Waals surface area contributed by atoms with E-state index in [0.29, 0.717) is 12.2 Å². The first-order chi connectivity index (χ1) is 14.5. The number of para-hydroxylation sites is 1. The van der Waals surface area contributed by atoms with Crippen molar-refractivity contribution in [1.82, 2.24) is 0 Å². The zero-order chi connectivity index (χ0) is 21.3. The van der Waals surface area contributed by atoms with E-state index in [-0.39, 0.29) is 11.8 Å². The average molecular weight is 419 g/mol. The van der Waals surface area contributed by atoms with Gasteiger partial charge in [-0.05, 0) is 48.2 Å². The molecule has 2 N–H and O–H groups in total. The lowest BCUT2D eigenvalue weighted by atomic mass is 10.1. The van der Waals surface area contributed by atoms with Crippen molar-refractivity contribution >= 4 is 35.0 Å². The topological polar surface area (TPSA) is 58.2 Å². The number of aryl methyl sites for hydroxylation is 2. The van der Waals surface area contributed by atoms with Crippen LogP contribution in [0.3, 0.4) is 0 Å². The molecule has 2 amide bonds. The highest BCUT2D eigenvalue weighted by Crippen LogP contribution is 2.24. The van der Waals surface area contributed by atoms with Crippen molar-refractivity contribution in [3.05, 3.63) is 89.5 Å². The monoisotopic (exact) mass is 418 g/mol. The predicted molar refractivity (Wildman–Crippen MR) is 125 cm³/mol. The van der Waals surface area contributed by atoms with Crippen LogP contribution in [0.25, 0.3) is 0 Å². The number of nitrogens with one attached hydrogen (secondary N) is 2. The summed E-state index contributed by atoms with van der Waals surface area (Å²) in [6.07, 6.45) is 1.20. The summed E-state index contributed by atoms with van der Waals surface area (Å²) in [5, 5.41) is 5.97. The Morgan fingerprint density at radius 1 is 0.867 bits per heavy atom. The van der Waals surface area contributed by atoms with Crippen molar-refractivity contribution in [2.24, 2.45) is 0 Å². The molecule has 0 heterocycles. The van der Waals surface area contributed by atoms with Gasteiger partial charge in [0.25, 0.3) is 0 Å². The second-order valence-corrected chi connectivity index (χ2v) is 8.09. The van der Waals surface area contributed by atoms with Crippen LogP contribution in [0.5, 0.6) is 0 Å². The lowest BCUT2D eigenvalue weighted by Gasteiger charge is -2.13. The smallest absolute Gasteiger partial charge is 0.234 e. The zero-order valence-electron chi connectivity index (χ0n) is 17.3. The maximum absolute atomic E-state index is 12.5. The second kappa shape index (κ2) is 10.6. The van der Waals surface area contributed by atoms with Crippen LogP contribution in [0.15, 0.2) is 77.7 Å². The van der Waals surface area contributed by atoms with E-state index in [1.807, 2.05) is 79.7 Å². The largest absolute Gasteiger partial charge is 0.326 e. The lowest BCUT2D eigenvalue weighted by molar-refractivity contribution is -0.115. The Morgan fingerprint density at radius 2 is 1.63 bits per heavy atom. The molecule has 0 aliphatic heterocycles. The Labute approximate surface area is 182 Å². The standard InChI is InChI=1S/C25H26N2O2S/c1-3-20-12-7-9-18(2)25(20)27-24(29)17-30-22-14-8-13-21(16-22)26-23(28)15-19-10-5-4-6-11-19/h4-14,16H,3,15,17H2,1-2H3,(H,26,28)(H,27,29). The molecular formula is C25H26N2O2S. The van der Waals surface area contributed by atoms with E-state index in [9.17, 15) is 9.59 Å². The van der Waals surface area contributed by atoms with E-state index in [2.05, 4.69) is 17.6 Å². The Bertz CT molecular complexity index is 1020. The molecule has 0 bridgehead atoms. The number of hydrogen-bond acceptors (Lipinski definition) is 3. The molecule has 0 aliphatic rings. The fourth-order valence-corrected chi connectivity index (χ4v) is 3.93. The summed E-state index contributed by atoms with van der Waals surface area (Å²) in [6.45, 7) is 4.08. The molecule has 4 nitrogen and oxygen atoms in total. The van der Waals surface area contributed by atoms with E-state index in [1.54, 1.807) is 0 Å². The Hall–Kier alpha value is -3.05. The molecule has 0 spiro atoms. The zero-order valence-corrected chi connectivity index (χ0v) is 18.1. The molecule has 154 valence electrons. The summed E-state index contributed by atoms with van der Waals surface area (Å²) >= 11 is 1.45. The van der Waals surface area contributed by atoms with Gasteiger partial charge in [-0.15, -0.1) is 11.8 Å². The van der Waals surface area contributed by atoms with Crippen molar-refractivity contribution in [1.29, 1.82) is 0 Å². The van der Waals surface area contributed by atoms with Gasteiger partial charge in [0.1, 0.15) is 0 Å². The quantitative estimate of drug-likeness (QED) is 0.477. The van der Waals surface area contributed by atoms with E-state index in [1.165, 1.54) is 11.8 Å². The molecule has 0 saturated carbocycles. The summed E-state index contributed by atoms with van der Waals surface area (Å²) in [5.41, 5.74) is 4.81. The number of rotatable bonds is 8. The summed E-state index contributed by atoms with van der Waals surface area (Å²) < 4.78 is 0. The normalized spacial score (nSPS) is 10.5. The molecule has 0 radical (unpaired) electrons. The van der Waals surface area contributed by atoms with Crippen molar-refractivity contribution in [3.8, 4) is 0 Å². The lowest BCUT2D eigenvalue weighted by Crippen LogP contribution is -2.16. The molecule has 0 saturated heterocycles. The van der Waals surface area contributed by atoms with Gasteiger partial charge in [-0.1, -0.05) is 61.5 Å². The highest BCUT2D eigenvalue weighted by Gasteiger charge is 2.10. The van der Waals surface area contributed by atoms with Gasteiger partial charge in [-0.3, -0.25) is 9.59 Å². The molecule has 5 heteroatoms. The number of carbonyl (C=O) groups is 2. The van der Waals surface area contributed by atoms with Crippen LogP contribution in [0.1, 0.15) is 23.6 Å². The van der Waals surface area contributed by atoms with Crippen LogP contribution in [0, 0.1) is 6.92 Å². The molecule has 3 aromatic rings.